The first kappa shape index (κ1) is 22.5. The third-order valence-corrected chi connectivity index (χ3v) is 7.92. The molecule has 0 radical (unpaired) electrons. The number of carbonyl (C=O) groups excluding carboxylic acids is 2. The van der Waals surface area contributed by atoms with Crippen LogP contribution in [0.25, 0.3) is 0 Å². The Kier molecular flexibility index (Phi) is 6.35. The Morgan fingerprint density at radius 3 is 2.33 bits per heavy atom. The highest BCUT2D eigenvalue weighted by Crippen LogP contribution is 2.29. The van der Waals surface area contributed by atoms with E-state index >= 15 is 0 Å². The summed E-state index contributed by atoms with van der Waals surface area (Å²) in [7, 11) is -3.67. The summed E-state index contributed by atoms with van der Waals surface area (Å²) in [5.74, 6) is -0.564. The first-order valence-corrected chi connectivity index (χ1v) is 12.1. The predicted octanol–water partition coefficient (Wildman–Crippen LogP) is 4.08. The minimum atomic E-state index is -3.67. The van der Waals surface area contributed by atoms with E-state index in [1.165, 1.54) is 10.4 Å². The number of hydrogen-bond acceptors (Lipinski definition) is 5. The van der Waals surface area contributed by atoms with E-state index < -0.39 is 21.3 Å². The fourth-order valence-electron chi connectivity index (χ4n) is 3.11. The van der Waals surface area contributed by atoms with E-state index in [1.807, 2.05) is 27.7 Å². The lowest BCUT2D eigenvalue weighted by Gasteiger charge is -2.19. The number of rotatable bonds is 5. The molecular formula is C21H27N3O4S2. The average molecular weight is 450 g/mol. The van der Waals surface area contributed by atoms with Crippen molar-refractivity contribution in [2.45, 2.75) is 45.4 Å². The fourth-order valence-corrected chi connectivity index (χ4v) is 5.93. The summed E-state index contributed by atoms with van der Waals surface area (Å²) in [4.78, 5) is 25.2. The van der Waals surface area contributed by atoms with Crippen LogP contribution < -0.4 is 10.6 Å². The summed E-state index contributed by atoms with van der Waals surface area (Å²) in [5, 5.41) is 7.28. The van der Waals surface area contributed by atoms with E-state index in [2.05, 4.69) is 10.6 Å². The van der Waals surface area contributed by atoms with E-state index in [1.54, 1.807) is 23.6 Å². The minimum Gasteiger partial charge on any atom is -0.325 e. The predicted molar refractivity (Wildman–Crippen MR) is 120 cm³/mol. The molecule has 162 valence electrons. The molecule has 1 aromatic carbocycles. The molecule has 1 aromatic heterocycles. The van der Waals surface area contributed by atoms with Crippen molar-refractivity contribution in [3.8, 4) is 0 Å². The molecular weight excluding hydrogens is 422 g/mol. The molecule has 0 spiro atoms. The van der Waals surface area contributed by atoms with Crippen molar-refractivity contribution in [3.63, 3.8) is 0 Å². The van der Waals surface area contributed by atoms with Gasteiger partial charge in [-0.3, -0.25) is 9.59 Å². The molecule has 0 bridgehead atoms. The van der Waals surface area contributed by atoms with Crippen LogP contribution in [0, 0.1) is 12.3 Å². The van der Waals surface area contributed by atoms with Crippen LogP contribution in [0.1, 0.15) is 48.8 Å². The third kappa shape index (κ3) is 4.74. The maximum atomic E-state index is 12.9. The zero-order chi connectivity index (χ0) is 22.1. The number of nitrogens with zero attached hydrogens (tertiary/aromatic N) is 1. The van der Waals surface area contributed by atoms with Gasteiger partial charge in [0.1, 0.15) is 9.77 Å². The van der Waals surface area contributed by atoms with Gasteiger partial charge in [-0.05, 0) is 55.0 Å². The van der Waals surface area contributed by atoms with Crippen LogP contribution >= 0.6 is 11.3 Å². The molecule has 30 heavy (non-hydrogen) atoms. The van der Waals surface area contributed by atoms with Gasteiger partial charge in [0.25, 0.3) is 5.91 Å². The summed E-state index contributed by atoms with van der Waals surface area (Å²) in [6, 6.07) is 6.65. The van der Waals surface area contributed by atoms with Gasteiger partial charge >= 0.3 is 0 Å². The van der Waals surface area contributed by atoms with Crippen LogP contribution in [-0.2, 0) is 14.8 Å². The van der Waals surface area contributed by atoms with Crippen molar-refractivity contribution in [1.82, 2.24) is 4.31 Å². The van der Waals surface area contributed by atoms with Crippen molar-refractivity contribution in [3.05, 3.63) is 40.1 Å². The third-order valence-electron chi connectivity index (χ3n) is 4.93. The standard InChI is InChI=1S/C21H27N3O4S2/c1-14-13-15(7-8-16(14)23-20(26)21(2,3)4)22-19(25)18-17(9-12-29-18)30(27,28)24-10-5-6-11-24/h7-9,12-13H,5-6,10-11H2,1-4H3,(H,22,25)(H,23,26). The van der Waals surface area contributed by atoms with E-state index in [0.29, 0.717) is 24.5 Å². The first-order valence-electron chi connectivity index (χ1n) is 9.81. The molecule has 0 unspecified atom stereocenters. The first-order chi connectivity index (χ1) is 14.0. The van der Waals surface area contributed by atoms with Gasteiger partial charge in [-0.2, -0.15) is 4.31 Å². The fraction of sp³-hybridized carbons (Fsp3) is 0.429. The molecule has 3 rings (SSSR count). The molecule has 2 heterocycles. The Morgan fingerprint density at radius 1 is 1.07 bits per heavy atom. The summed E-state index contributed by atoms with van der Waals surface area (Å²) in [5.41, 5.74) is 1.47. The number of hydrogen-bond donors (Lipinski definition) is 2. The maximum absolute atomic E-state index is 12.9. The number of aryl methyl sites for hydroxylation is 1. The smallest absolute Gasteiger partial charge is 0.267 e. The monoisotopic (exact) mass is 449 g/mol. The van der Waals surface area contributed by atoms with E-state index in [4.69, 9.17) is 0 Å². The molecule has 1 fully saturated rings. The zero-order valence-corrected chi connectivity index (χ0v) is 19.2. The molecule has 1 aliphatic heterocycles. The highest BCUT2D eigenvalue weighted by molar-refractivity contribution is 7.89. The number of carbonyl (C=O) groups is 2. The quantitative estimate of drug-likeness (QED) is 0.719. The Morgan fingerprint density at radius 2 is 1.73 bits per heavy atom. The number of amides is 2. The highest BCUT2D eigenvalue weighted by atomic mass is 32.2. The molecule has 0 saturated carbocycles. The zero-order valence-electron chi connectivity index (χ0n) is 17.6. The van der Waals surface area contributed by atoms with Gasteiger partial charge in [-0.25, -0.2) is 8.42 Å². The van der Waals surface area contributed by atoms with Crippen molar-refractivity contribution < 1.29 is 18.0 Å². The Hall–Kier alpha value is -2.23. The Balaban J connectivity index is 1.77. The van der Waals surface area contributed by atoms with Gasteiger partial charge in [0, 0.05) is 29.9 Å². The second kappa shape index (κ2) is 8.49. The van der Waals surface area contributed by atoms with Crippen molar-refractivity contribution in [2.24, 2.45) is 5.41 Å². The Labute approximate surface area is 181 Å². The number of nitrogens with one attached hydrogen (secondary N) is 2. The lowest BCUT2D eigenvalue weighted by molar-refractivity contribution is -0.123. The van der Waals surface area contributed by atoms with Crippen LogP contribution in [0.4, 0.5) is 11.4 Å². The van der Waals surface area contributed by atoms with Gasteiger partial charge < -0.3 is 10.6 Å². The SMILES string of the molecule is Cc1cc(NC(=O)c2sccc2S(=O)(=O)N2CCCC2)ccc1NC(=O)C(C)(C)C. The lowest BCUT2D eigenvalue weighted by Crippen LogP contribution is -2.29. The molecule has 7 nitrogen and oxygen atoms in total. The summed E-state index contributed by atoms with van der Waals surface area (Å²) >= 11 is 1.11. The van der Waals surface area contributed by atoms with Crippen molar-refractivity contribution in [2.75, 3.05) is 23.7 Å². The van der Waals surface area contributed by atoms with Crippen LogP contribution in [0.2, 0.25) is 0 Å². The number of sulfonamides is 1. The van der Waals surface area contributed by atoms with Gasteiger partial charge in [0.05, 0.1) is 0 Å². The molecule has 2 amide bonds. The Bertz CT molecular complexity index is 1060. The summed E-state index contributed by atoms with van der Waals surface area (Å²) in [6.07, 6.45) is 1.67. The minimum absolute atomic E-state index is 0.0534. The highest BCUT2D eigenvalue weighted by Gasteiger charge is 2.32. The largest absolute Gasteiger partial charge is 0.325 e. The van der Waals surface area contributed by atoms with Gasteiger partial charge in [-0.15, -0.1) is 11.3 Å². The van der Waals surface area contributed by atoms with Crippen molar-refractivity contribution in [1.29, 1.82) is 0 Å². The van der Waals surface area contributed by atoms with Gasteiger partial charge in [-0.1, -0.05) is 20.8 Å². The van der Waals surface area contributed by atoms with Gasteiger partial charge in [0.2, 0.25) is 15.9 Å². The van der Waals surface area contributed by atoms with Crippen LogP contribution in [0.3, 0.4) is 0 Å². The normalized spacial score (nSPS) is 15.2. The van der Waals surface area contributed by atoms with Crippen molar-refractivity contribution >= 4 is 44.5 Å². The molecule has 0 aliphatic carbocycles. The van der Waals surface area contributed by atoms with E-state index in [0.717, 1.165) is 29.7 Å². The molecule has 2 aromatic rings. The number of benzene rings is 1. The molecule has 0 atom stereocenters. The average Bonchev–Trinajstić information content (AvgIpc) is 3.35. The van der Waals surface area contributed by atoms with Crippen LogP contribution in [0.15, 0.2) is 34.5 Å². The lowest BCUT2D eigenvalue weighted by atomic mass is 9.95. The molecule has 2 N–H and O–H groups in total. The van der Waals surface area contributed by atoms with Crippen LogP contribution in [-0.4, -0.2) is 37.6 Å². The molecule has 9 heteroatoms. The van der Waals surface area contributed by atoms with E-state index in [-0.39, 0.29) is 15.7 Å². The summed E-state index contributed by atoms with van der Waals surface area (Å²) < 4.78 is 27.2. The second-order valence-corrected chi connectivity index (χ2v) is 11.2. The topological polar surface area (TPSA) is 95.6 Å². The molecule has 1 saturated heterocycles. The number of thiophene rings is 1. The maximum Gasteiger partial charge on any atom is 0.267 e. The summed E-state index contributed by atoms with van der Waals surface area (Å²) in [6.45, 7) is 8.31. The van der Waals surface area contributed by atoms with E-state index in [9.17, 15) is 18.0 Å². The van der Waals surface area contributed by atoms with Gasteiger partial charge in [0.15, 0.2) is 0 Å². The second-order valence-electron chi connectivity index (χ2n) is 8.41. The van der Waals surface area contributed by atoms with Crippen LogP contribution in [0.5, 0.6) is 0 Å². The molecule has 1 aliphatic rings. The number of anilines is 2.